The Balaban J connectivity index is 1.35. The van der Waals surface area contributed by atoms with Crippen molar-refractivity contribution >= 4 is 58.2 Å². The van der Waals surface area contributed by atoms with Crippen LogP contribution in [0.15, 0.2) is 24.3 Å². The van der Waals surface area contributed by atoms with Crippen molar-refractivity contribution in [3.8, 4) is 11.8 Å². The Hall–Kier alpha value is -2.04. The number of pyridine rings is 2. The van der Waals surface area contributed by atoms with Crippen molar-refractivity contribution in [1.82, 2.24) is 20.6 Å². The van der Waals surface area contributed by atoms with E-state index in [1.54, 1.807) is 0 Å². The number of aromatic nitrogens is 2. The van der Waals surface area contributed by atoms with Gasteiger partial charge in [0.25, 0.3) is 11.8 Å². The summed E-state index contributed by atoms with van der Waals surface area (Å²) < 4.78 is 16.1. The molecule has 2 atom stereocenters. The van der Waals surface area contributed by atoms with Crippen LogP contribution in [-0.4, -0.2) is 61.3 Å². The number of carbonyl (C=O) groups is 2. The monoisotopic (exact) mass is 536 g/mol. The van der Waals surface area contributed by atoms with Crippen LogP contribution in [0.3, 0.4) is 0 Å². The SMILES string of the molecule is O=C(COc1ccc(Cl)c(Cl)n1)NC[C@@H]1COC[C@@H]1CNC(=O)COc1ccc(Cl)c(Cl)n1. The lowest BCUT2D eigenvalue weighted by molar-refractivity contribution is -0.124. The minimum absolute atomic E-state index is 0.0370. The first-order chi connectivity index (χ1) is 15.8. The van der Waals surface area contributed by atoms with Gasteiger partial charge in [-0.2, -0.15) is 9.97 Å². The summed E-state index contributed by atoms with van der Waals surface area (Å²) in [5.74, 6) is -0.171. The van der Waals surface area contributed by atoms with Crippen molar-refractivity contribution in [2.75, 3.05) is 39.5 Å². The van der Waals surface area contributed by atoms with Gasteiger partial charge in [0.1, 0.15) is 0 Å². The van der Waals surface area contributed by atoms with Gasteiger partial charge in [0.2, 0.25) is 11.8 Å². The number of halogens is 4. The van der Waals surface area contributed by atoms with Crippen LogP contribution < -0.4 is 20.1 Å². The van der Waals surface area contributed by atoms with Crippen molar-refractivity contribution < 1.29 is 23.8 Å². The van der Waals surface area contributed by atoms with Gasteiger partial charge in [-0.1, -0.05) is 46.4 Å². The molecule has 3 heterocycles. The Labute approximate surface area is 210 Å². The predicted octanol–water partition coefficient (Wildman–Crippen LogP) is 3.04. The summed E-state index contributed by atoms with van der Waals surface area (Å²) in [5, 5.41) is 6.38. The number of ether oxygens (including phenoxy) is 3. The quantitative estimate of drug-likeness (QED) is 0.448. The van der Waals surface area contributed by atoms with Crippen LogP contribution in [0.4, 0.5) is 0 Å². The highest BCUT2D eigenvalue weighted by molar-refractivity contribution is 6.41. The van der Waals surface area contributed by atoms with E-state index in [0.717, 1.165) is 0 Å². The molecule has 0 saturated carbocycles. The summed E-state index contributed by atoms with van der Waals surface area (Å²) in [6.07, 6.45) is 0. The number of amides is 2. The van der Waals surface area contributed by atoms with E-state index < -0.39 is 0 Å². The van der Waals surface area contributed by atoms with Crippen LogP contribution in [-0.2, 0) is 14.3 Å². The summed E-state index contributed by atoms with van der Waals surface area (Å²) in [7, 11) is 0. The van der Waals surface area contributed by atoms with Crippen molar-refractivity contribution in [1.29, 1.82) is 0 Å². The third-order valence-corrected chi connectivity index (χ3v) is 6.09. The average Bonchev–Trinajstić information content (AvgIpc) is 3.25. The maximum absolute atomic E-state index is 12.1. The molecule has 0 aromatic carbocycles. The zero-order valence-corrected chi connectivity index (χ0v) is 20.2. The molecule has 3 rings (SSSR count). The standard InChI is InChI=1S/C20H20Cl4N4O5/c21-13-1-3-17(27-19(13)23)32-9-15(29)25-5-11-7-31-8-12(11)6-26-16(30)10-33-18-4-2-14(22)20(24)28-18/h1-4,11-12H,5-10H2,(H,25,29)(H,26,30)/t11-,12+. The molecule has 2 aromatic rings. The van der Waals surface area contributed by atoms with Crippen LogP contribution in [0.25, 0.3) is 0 Å². The molecule has 9 nitrogen and oxygen atoms in total. The highest BCUT2D eigenvalue weighted by Crippen LogP contribution is 2.23. The molecule has 2 aromatic heterocycles. The highest BCUT2D eigenvalue weighted by atomic mass is 35.5. The van der Waals surface area contributed by atoms with Crippen LogP contribution in [0.1, 0.15) is 0 Å². The van der Waals surface area contributed by atoms with Gasteiger partial charge in [-0.3, -0.25) is 9.59 Å². The largest absolute Gasteiger partial charge is 0.468 e. The van der Waals surface area contributed by atoms with Crippen molar-refractivity contribution in [3.05, 3.63) is 44.6 Å². The normalized spacial score (nSPS) is 17.5. The van der Waals surface area contributed by atoms with E-state index in [4.69, 9.17) is 60.6 Å². The van der Waals surface area contributed by atoms with E-state index in [1.165, 1.54) is 24.3 Å². The number of rotatable bonds is 10. The van der Waals surface area contributed by atoms with Gasteiger partial charge < -0.3 is 24.8 Å². The minimum atomic E-state index is -0.319. The van der Waals surface area contributed by atoms with E-state index in [-0.39, 0.29) is 58.9 Å². The lowest BCUT2D eigenvalue weighted by atomic mass is 9.96. The number of nitrogens with zero attached hydrogens (tertiary/aromatic N) is 2. The van der Waals surface area contributed by atoms with Crippen LogP contribution in [0, 0.1) is 11.8 Å². The maximum Gasteiger partial charge on any atom is 0.258 e. The summed E-state index contributed by atoms with van der Waals surface area (Å²) in [5.41, 5.74) is 0. The molecular weight excluding hydrogens is 518 g/mol. The third-order valence-electron chi connectivity index (χ3n) is 4.71. The molecule has 0 bridgehead atoms. The van der Waals surface area contributed by atoms with Gasteiger partial charge >= 0.3 is 0 Å². The summed E-state index contributed by atoms with van der Waals surface area (Å²) in [4.78, 5) is 32.0. The maximum atomic E-state index is 12.1. The molecule has 2 amide bonds. The zero-order valence-electron chi connectivity index (χ0n) is 17.2. The van der Waals surface area contributed by atoms with E-state index >= 15 is 0 Å². The smallest absolute Gasteiger partial charge is 0.258 e. The lowest BCUT2D eigenvalue weighted by Gasteiger charge is -2.18. The van der Waals surface area contributed by atoms with Gasteiger partial charge in [0.15, 0.2) is 23.5 Å². The van der Waals surface area contributed by atoms with Crippen molar-refractivity contribution in [2.45, 2.75) is 0 Å². The number of nitrogens with one attached hydrogen (secondary N) is 2. The molecule has 1 aliphatic heterocycles. The predicted molar refractivity (Wildman–Crippen MR) is 123 cm³/mol. The van der Waals surface area contributed by atoms with Crippen LogP contribution in [0.2, 0.25) is 20.4 Å². The molecule has 13 heteroatoms. The molecule has 1 fully saturated rings. The molecular formula is C20H20Cl4N4O5. The van der Waals surface area contributed by atoms with Crippen LogP contribution >= 0.6 is 46.4 Å². The summed E-state index contributed by atoms with van der Waals surface area (Å²) in [6.45, 7) is 1.25. The fraction of sp³-hybridized carbons (Fsp3) is 0.400. The molecule has 1 aliphatic rings. The second kappa shape index (κ2) is 12.4. The second-order valence-electron chi connectivity index (χ2n) is 7.09. The van der Waals surface area contributed by atoms with Gasteiger partial charge in [0.05, 0.1) is 23.3 Å². The van der Waals surface area contributed by atoms with E-state index in [2.05, 4.69) is 20.6 Å². The fourth-order valence-electron chi connectivity index (χ4n) is 2.93. The highest BCUT2D eigenvalue weighted by Gasteiger charge is 2.29. The second-order valence-corrected chi connectivity index (χ2v) is 8.62. The van der Waals surface area contributed by atoms with Gasteiger partial charge in [-0.15, -0.1) is 0 Å². The molecule has 0 aliphatic carbocycles. The first kappa shape index (κ1) is 25.6. The summed E-state index contributed by atoms with van der Waals surface area (Å²) in [6, 6.07) is 6.11. The lowest BCUT2D eigenvalue weighted by Crippen LogP contribution is -2.40. The van der Waals surface area contributed by atoms with Gasteiger partial charge in [0, 0.05) is 37.1 Å². The zero-order chi connectivity index (χ0) is 23.8. The molecule has 0 radical (unpaired) electrons. The first-order valence-electron chi connectivity index (χ1n) is 9.82. The van der Waals surface area contributed by atoms with E-state index in [9.17, 15) is 9.59 Å². The van der Waals surface area contributed by atoms with Gasteiger partial charge in [-0.25, -0.2) is 0 Å². The Kier molecular flexibility index (Phi) is 9.64. The Morgan fingerprint density at radius 2 is 1.24 bits per heavy atom. The molecule has 0 unspecified atom stereocenters. The number of carbonyl (C=O) groups excluding carboxylic acids is 2. The Morgan fingerprint density at radius 1 is 0.818 bits per heavy atom. The molecule has 1 saturated heterocycles. The fourth-order valence-corrected chi connectivity index (χ4v) is 3.43. The molecule has 178 valence electrons. The van der Waals surface area contributed by atoms with E-state index in [0.29, 0.717) is 36.3 Å². The van der Waals surface area contributed by atoms with Crippen molar-refractivity contribution in [2.24, 2.45) is 11.8 Å². The molecule has 0 spiro atoms. The van der Waals surface area contributed by atoms with Crippen molar-refractivity contribution in [3.63, 3.8) is 0 Å². The Bertz CT molecular complexity index is 919. The first-order valence-corrected chi connectivity index (χ1v) is 11.3. The van der Waals surface area contributed by atoms with E-state index in [1.807, 2.05) is 0 Å². The average molecular weight is 538 g/mol. The van der Waals surface area contributed by atoms with Gasteiger partial charge in [-0.05, 0) is 12.1 Å². The minimum Gasteiger partial charge on any atom is -0.468 e. The third kappa shape index (κ3) is 8.04. The summed E-state index contributed by atoms with van der Waals surface area (Å²) >= 11 is 23.2. The molecule has 33 heavy (non-hydrogen) atoms. The van der Waals surface area contributed by atoms with Crippen LogP contribution in [0.5, 0.6) is 11.8 Å². The molecule has 2 N–H and O–H groups in total. The Morgan fingerprint density at radius 3 is 1.64 bits per heavy atom. The topological polar surface area (TPSA) is 112 Å². The number of hydrogen-bond acceptors (Lipinski definition) is 7. The number of hydrogen-bond donors (Lipinski definition) is 2.